The molecule has 0 bridgehead atoms. The lowest BCUT2D eigenvalue weighted by molar-refractivity contribution is -0.131. The van der Waals surface area contributed by atoms with Crippen LogP contribution in [0, 0.1) is 0 Å². The molecular weight excluding hydrogens is 336 g/mol. The van der Waals surface area contributed by atoms with Crippen LogP contribution in [0.3, 0.4) is 0 Å². The summed E-state index contributed by atoms with van der Waals surface area (Å²) in [5.41, 5.74) is 5.46. The molecule has 0 aliphatic heterocycles. The van der Waals surface area contributed by atoms with Crippen molar-refractivity contribution in [2.75, 3.05) is 0 Å². The van der Waals surface area contributed by atoms with Crippen molar-refractivity contribution in [2.24, 2.45) is 0 Å². The Morgan fingerprint density at radius 1 is 0.926 bits per heavy atom. The van der Waals surface area contributed by atoms with E-state index >= 15 is 0 Å². The van der Waals surface area contributed by atoms with Gasteiger partial charge < -0.3 is 10.2 Å². The van der Waals surface area contributed by atoms with Gasteiger partial charge in [0, 0.05) is 6.08 Å². The lowest BCUT2D eigenvalue weighted by Crippen LogP contribution is -2.34. The SMILES string of the molecule is CC1(C)CCC(C)(C)c2cc(C(O)c3ccc(/C=C/C(=O)O)cc3)ccc21. The molecule has 3 rings (SSSR count). The number of aliphatic carboxylic acids is 1. The highest BCUT2D eigenvalue weighted by Gasteiger charge is 2.37. The van der Waals surface area contributed by atoms with Crippen LogP contribution in [0.5, 0.6) is 0 Å². The van der Waals surface area contributed by atoms with E-state index in [1.807, 2.05) is 30.3 Å². The third-order valence-corrected chi connectivity index (χ3v) is 5.86. The van der Waals surface area contributed by atoms with Gasteiger partial charge in [-0.05, 0) is 57.6 Å². The predicted molar refractivity (Wildman–Crippen MR) is 109 cm³/mol. The fraction of sp³-hybridized carbons (Fsp3) is 0.375. The maximum atomic E-state index is 10.9. The molecule has 2 aromatic carbocycles. The molecule has 0 fully saturated rings. The Hall–Kier alpha value is -2.39. The summed E-state index contributed by atoms with van der Waals surface area (Å²) in [4.78, 5) is 10.6. The minimum absolute atomic E-state index is 0.103. The van der Waals surface area contributed by atoms with Gasteiger partial charge in [-0.2, -0.15) is 0 Å². The number of benzene rings is 2. The number of carbonyl (C=O) groups is 1. The molecule has 0 radical (unpaired) electrons. The molecule has 1 aliphatic carbocycles. The van der Waals surface area contributed by atoms with Crippen molar-refractivity contribution in [3.63, 3.8) is 0 Å². The molecule has 27 heavy (non-hydrogen) atoms. The van der Waals surface area contributed by atoms with Crippen LogP contribution in [0.15, 0.2) is 48.5 Å². The zero-order valence-corrected chi connectivity index (χ0v) is 16.5. The summed E-state index contributed by atoms with van der Waals surface area (Å²) in [6.45, 7) is 9.14. The van der Waals surface area contributed by atoms with Gasteiger partial charge in [-0.15, -0.1) is 0 Å². The fourth-order valence-electron chi connectivity index (χ4n) is 3.93. The van der Waals surface area contributed by atoms with E-state index in [4.69, 9.17) is 5.11 Å². The van der Waals surface area contributed by atoms with E-state index in [-0.39, 0.29) is 10.8 Å². The van der Waals surface area contributed by atoms with Gasteiger partial charge in [0.1, 0.15) is 6.10 Å². The number of carboxylic acids is 1. The largest absolute Gasteiger partial charge is 0.478 e. The summed E-state index contributed by atoms with van der Waals surface area (Å²) in [7, 11) is 0. The first-order valence-corrected chi connectivity index (χ1v) is 9.44. The summed E-state index contributed by atoms with van der Waals surface area (Å²) in [5, 5.41) is 19.6. The molecule has 0 amide bonds. The molecule has 142 valence electrons. The van der Waals surface area contributed by atoms with Gasteiger partial charge in [-0.3, -0.25) is 0 Å². The Kier molecular flexibility index (Phi) is 5.00. The third kappa shape index (κ3) is 3.98. The zero-order chi connectivity index (χ0) is 19.8. The first kappa shape index (κ1) is 19.4. The second kappa shape index (κ2) is 6.97. The number of hydrogen-bond acceptors (Lipinski definition) is 2. The van der Waals surface area contributed by atoms with Crippen LogP contribution in [0.1, 0.15) is 74.5 Å². The number of aliphatic hydroxyl groups is 1. The van der Waals surface area contributed by atoms with Crippen LogP contribution in [0.4, 0.5) is 0 Å². The topological polar surface area (TPSA) is 57.5 Å². The van der Waals surface area contributed by atoms with Gasteiger partial charge in [0.15, 0.2) is 0 Å². The Balaban J connectivity index is 1.92. The highest BCUT2D eigenvalue weighted by molar-refractivity contribution is 5.85. The molecular formula is C24H28O3. The van der Waals surface area contributed by atoms with Crippen molar-refractivity contribution in [3.05, 3.63) is 76.4 Å². The molecule has 3 heteroatoms. The Morgan fingerprint density at radius 2 is 1.48 bits per heavy atom. The van der Waals surface area contributed by atoms with E-state index in [2.05, 4.69) is 39.8 Å². The smallest absolute Gasteiger partial charge is 0.328 e. The van der Waals surface area contributed by atoms with Gasteiger partial charge in [-0.1, -0.05) is 70.2 Å². The molecule has 0 saturated carbocycles. The third-order valence-electron chi connectivity index (χ3n) is 5.86. The van der Waals surface area contributed by atoms with Crippen molar-refractivity contribution in [2.45, 2.75) is 57.5 Å². The lowest BCUT2D eigenvalue weighted by Gasteiger charge is -2.42. The molecule has 0 spiro atoms. The normalized spacial score (nSPS) is 18.9. The number of fused-ring (bicyclic) bond motifs is 1. The Morgan fingerprint density at radius 3 is 2.07 bits per heavy atom. The van der Waals surface area contributed by atoms with Gasteiger partial charge in [0.05, 0.1) is 0 Å². The van der Waals surface area contributed by atoms with E-state index in [0.29, 0.717) is 0 Å². The van der Waals surface area contributed by atoms with Crippen LogP contribution in [-0.2, 0) is 15.6 Å². The summed E-state index contributed by atoms with van der Waals surface area (Å²) in [5.74, 6) is -0.973. The van der Waals surface area contributed by atoms with E-state index in [1.54, 1.807) is 6.08 Å². The van der Waals surface area contributed by atoms with Gasteiger partial charge >= 0.3 is 5.97 Å². The zero-order valence-electron chi connectivity index (χ0n) is 16.5. The minimum Gasteiger partial charge on any atom is -0.478 e. The summed E-state index contributed by atoms with van der Waals surface area (Å²) < 4.78 is 0. The van der Waals surface area contributed by atoms with Gasteiger partial charge in [0.2, 0.25) is 0 Å². The van der Waals surface area contributed by atoms with Crippen molar-refractivity contribution in [3.8, 4) is 0 Å². The monoisotopic (exact) mass is 364 g/mol. The fourth-order valence-corrected chi connectivity index (χ4v) is 3.93. The lowest BCUT2D eigenvalue weighted by atomic mass is 9.63. The van der Waals surface area contributed by atoms with E-state index < -0.39 is 12.1 Å². The van der Waals surface area contributed by atoms with Crippen molar-refractivity contribution in [1.82, 2.24) is 0 Å². The quantitative estimate of drug-likeness (QED) is 0.732. The van der Waals surface area contributed by atoms with Gasteiger partial charge in [0.25, 0.3) is 0 Å². The molecule has 1 atom stereocenters. The average Bonchev–Trinajstić information content (AvgIpc) is 2.63. The maximum absolute atomic E-state index is 10.9. The van der Waals surface area contributed by atoms with Crippen LogP contribution >= 0.6 is 0 Å². The molecule has 0 heterocycles. The second-order valence-electron chi connectivity index (χ2n) is 8.81. The van der Waals surface area contributed by atoms with Crippen LogP contribution < -0.4 is 0 Å². The summed E-state index contributed by atoms with van der Waals surface area (Å²) in [6.07, 6.45) is 4.26. The number of rotatable bonds is 4. The van der Waals surface area contributed by atoms with Crippen LogP contribution in [0.25, 0.3) is 6.08 Å². The van der Waals surface area contributed by atoms with E-state index in [0.717, 1.165) is 29.2 Å². The Labute approximate surface area is 161 Å². The minimum atomic E-state index is -0.973. The van der Waals surface area contributed by atoms with Crippen LogP contribution in [-0.4, -0.2) is 16.2 Å². The standard InChI is InChI=1S/C24H28O3/c1-23(2)13-14-24(3,4)20-15-18(10-11-19(20)23)22(27)17-8-5-16(6-9-17)7-12-21(25)26/h5-12,15,22,27H,13-14H2,1-4H3,(H,25,26)/b12-7+. The number of carboxylic acid groups (broad SMARTS) is 1. The highest BCUT2D eigenvalue weighted by atomic mass is 16.4. The summed E-state index contributed by atoms with van der Waals surface area (Å²) in [6, 6.07) is 13.7. The van der Waals surface area contributed by atoms with Gasteiger partial charge in [-0.25, -0.2) is 4.79 Å². The van der Waals surface area contributed by atoms with Crippen molar-refractivity contribution >= 4 is 12.0 Å². The molecule has 0 saturated heterocycles. The first-order chi connectivity index (χ1) is 12.6. The highest BCUT2D eigenvalue weighted by Crippen LogP contribution is 2.46. The summed E-state index contributed by atoms with van der Waals surface area (Å²) >= 11 is 0. The second-order valence-corrected chi connectivity index (χ2v) is 8.81. The number of aliphatic hydroxyl groups excluding tert-OH is 1. The molecule has 1 unspecified atom stereocenters. The number of hydrogen-bond donors (Lipinski definition) is 2. The van der Waals surface area contributed by atoms with Crippen molar-refractivity contribution in [1.29, 1.82) is 0 Å². The van der Waals surface area contributed by atoms with E-state index in [1.165, 1.54) is 17.5 Å². The van der Waals surface area contributed by atoms with Crippen molar-refractivity contribution < 1.29 is 15.0 Å². The first-order valence-electron chi connectivity index (χ1n) is 9.44. The predicted octanol–water partition coefficient (Wildman–Crippen LogP) is 5.22. The molecule has 2 aromatic rings. The molecule has 2 N–H and O–H groups in total. The molecule has 1 aliphatic rings. The molecule has 3 nitrogen and oxygen atoms in total. The average molecular weight is 364 g/mol. The Bertz CT molecular complexity index is 873. The van der Waals surface area contributed by atoms with E-state index in [9.17, 15) is 9.90 Å². The maximum Gasteiger partial charge on any atom is 0.328 e. The van der Waals surface area contributed by atoms with Crippen LogP contribution in [0.2, 0.25) is 0 Å². The molecule has 0 aromatic heterocycles.